The standard InChI is InChI=1S/C43H25N3O2S2/c44-26-27-14-18-30(19-15-27)50(47,48)31-20-16-29(17-21-31)46-40-22-34-32-10-4-6-12-38(32)45(28-8-2-1-3-9-28)39(34)23-35(40)36-25-43-37(24-41(36)46)33-11-5-7-13-42(33)49-43/h1-25H. The third-order valence-corrected chi connectivity index (χ3v) is 12.7. The molecule has 0 saturated carbocycles. The lowest BCUT2D eigenvalue weighted by atomic mass is 10.1. The molecule has 0 bridgehead atoms. The molecule has 0 radical (unpaired) electrons. The number of aromatic nitrogens is 2. The molecule has 0 saturated heterocycles. The van der Waals surface area contributed by atoms with Crippen molar-refractivity contribution < 1.29 is 8.42 Å². The highest BCUT2D eigenvalue weighted by atomic mass is 32.2. The van der Waals surface area contributed by atoms with Crippen LogP contribution in [0.3, 0.4) is 0 Å². The van der Waals surface area contributed by atoms with Crippen molar-refractivity contribution in [1.82, 2.24) is 9.13 Å². The molecule has 3 heterocycles. The first-order chi connectivity index (χ1) is 24.5. The summed E-state index contributed by atoms with van der Waals surface area (Å²) in [6, 6.07) is 52.0. The fourth-order valence-electron chi connectivity index (χ4n) is 7.45. The normalized spacial score (nSPS) is 12.1. The van der Waals surface area contributed by atoms with Crippen LogP contribution >= 0.6 is 11.3 Å². The molecule has 0 aliphatic carbocycles. The Labute approximate surface area is 291 Å². The van der Waals surface area contributed by atoms with Crippen molar-refractivity contribution in [2.75, 3.05) is 0 Å². The first kappa shape index (κ1) is 28.8. The van der Waals surface area contributed by atoms with E-state index in [-0.39, 0.29) is 9.79 Å². The molecule has 0 N–H and O–H groups in total. The first-order valence-electron chi connectivity index (χ1n) is 16.2. The average Bonchev–Trinajstić information content (AvgIpc) is 3.80. The lowest BCUT2D eigenvalue weighted by molar-refractivity contribution is 0.596. The predicted octanol–water partition coefficient (Wildman–Crippen LogP) is 11.0. The molecule has 0 atom stereocenters. The predicted molar refractivity (Wildman–Crippen MR) is 205 cm³/mol. The van der Waals surface area contributed by atoms with E-state index in [2.05, 4.69) is 106 Å². The van der Waals surface area contributed by atoms with Crippen LogP contribution < -0.4 is 0 Å². The summed E-state index contributed by atoms with van der Waals surface area (Å²) < 4.78 is 34.3. The molecule has 7 heteroatoms. The molecule has 0 fully saturated rings. The first-order valence-corrected chi connectivity index (χ1v) is 18.5. The molecule has 0 amide bonds. The van der Waals surface area contributed by atoms with Gasteiger partial charge in [0.15, 0.2) is 0 Å². The van der Waals surface area contributed by atoms with Crippen LogP contribution in [0.25, 0.3) is 75.2 Å². The number of nitrogens with zero attached hydrogens (tertiary/aromatic N) is 3. The Hall–Kier alpha value is -6.20. The Morgan fingerprint density at radius 2 is 0.980 bits per heavy atom. The zero-order valence-corrected chi connectivity index (χ0v) is 28.0. The largest absolute Gasteiger partial charge is 0.309 e. The average molecular weight is 680 g/mol. The van der Waals surface area contributed by atoms with Crippen LogP contribution in [-0.4, -0.2) is 17.6 Å². The molecule has 0 aliphatic rings. The molecule has 10 aromatic rings. The van der Waals surface area contributed by atoms with Gasteiger partial charge < -0.3 is 9.13 Å². The molecular formula is C43H25N3O2S2. The molecule has 0 unspecified atom stereocenters. The van der Waals surface area contributed by atoms with Crippen LogP contribution in [0, 0.1) is 11.3 Å². The van der Waals surface area contributed by atoms with Gasteiger partial charge in [0.2, 0.25) is 9.84 Å². The number of fused-ring (bicyclic) bond motifs is 9. The van der Waals surface area contributed by atoms with Gasteiger partial charge in [-0.05, 0) is 97.1 Å². The summed E-state index contributed by atoms with van der Waals surface area (Å²) in [6.45, 7) is 0. The van der Waals surface area contributed by atoms with Crippen molar-refractivity contribution in [3.63, 3.8) is 0 Å². The van der Waals surface area contributed by atoms with E-state index >= 15 is 0 Å². The molecular weight excluding hydrogens is 655 g/mol. The van der Waals surface area contributed by atoms with Crippen molar-refractivity contribution in [2.24, 2.45) is 0 Å². The van der Waals surface area contributed by atoms with E-state index in [4.69, 9.17) is 0 Å². The van der Waals surface area contributed by atoms with Crippen molar-refractivity contribution in [1.29, 1.82) is 5.26 Å². The van der Waals surface area contributed by atoms with E-state index in [1.165, 1.54) is 49.8 Å². The van der Waals surface area contributed by atoms with Gasteiger partial charge in [-0.3, -0.25) is 0 Å². The summed E-state index contributed by atoms with van der Waals surface area (Å²) in [5.41, 5.74) is 6.77. The SMILES string of the molecule is N#Cc1ccc(S(=O)(=O)c2ccc(-n3c4cc5c(cc4c4cc6c(cc43)c3ccccc3n6-c3ccccc3)sc3ccccc35)cc2)cc1. The number of nitriles is 1. The third kappa shape index (κ3) is 4.13. The van der Waals surface area contributed by atoms with Crippen LogP contribution in [0.5, 0.6) is 0 Å². The Morgan fingerprint density at radius 1 is 0.460 bits per heavy atom. The van der Waals surface area contributed by atoms with Gasteiger partial charge in [-0.1, -0.05) is 54.6 Å². The highest BCUT2D eigenvalue weighted by Gasteiger charge is 2.22. The maximum absolute atomic E-state index is 13.6. The third-order valence-electron chi connectivity index (χ3n) is 9.77. The summed E-state index contributed by atoms with van der Waals surface area (Å²) in [5.74, 6) is 0. The second-order valence-electron chi connectivity index (χ2n) is 12.5. The second kappa shape index (κ2) is 10.6. The zero-order chi connectivity index (χ0) is 33.6. The second-order valence-corrected chi connectivity index (χ2v) is 15.5. The molecule has 50 heavy (non-hydrogen) atoms. The van der Waals surface area contributed by atoms with Gasteiger partial charge in [-0.2, -0.15) is 5.26 Å². The maximum Gasteiger partial charge on any atom is 0.206 e. The van der Waals surface area contributed by atoms with E-state index in [1.807, 2.05) is 24.3 Å². The van der Waals surface area contributed by atoms with Crippen molar-refractivity contribution in [3.8, 4) is 17.4 Å². The van der Waals surface area contributed by atoms with Gasteiger partial charge in [-0.15, -0.1) is 11.3 Å². The summed E-state index contributed by atoms with van der Waals surface area (Å²) in [5, 5.41) is 16.2. The van der Waals surface area contributed by atoms with E-state index in [9.17, 15) is 13.7 Å². The number of rotatable bonds is 4. The van der Waals surface area contributed by atoms with Crippen LogP contribution in [-0.2, 0) is 9.84 Å². The summed E-state index contributed by atoms with van der Waals surface area (Å²) in [4.78, 5) is 0.358. The monoisotopic (exact) mass is 679 g/mol. The highest BCUT2D eigenvalue weighted by Crippen LogP contribution is 2.43. The van der Waals surface area contributed by atoms with Crippen molar-refractivity contribution in [3.05, 3.63) is 157 Å². The summed E-state index contributed by atoms with van der Waals surface area (Å²) >= 11 is 1.80. The van der Waals surface area contributed by atoms with Crippen molar-refractivity contribution >= 4 is 85.0 Å². The molecule has 3 aromatic heterocycles. The number of benzene rings is 7. The Balaban J connectivity index is 1.27. The van der Waals surface area contributed by atoms with Gasteiger partial charge in [0.25, 0.3) is 0 Å². The summed E-state index contributed by atoms with van der Waals surface area (Å²) in [6.07, 6.45) is 0. The lowest BCUT2D eigenvalue weighted by Crippen LogP contribution is -2.03. The van der Waals surface area contributed by atoms with E-state index in [1.54, 1.807) is 23.5 Å². The quantitative estimate of drug-likeness (QED) is 0.186. The minimum Gasteiger partial charge on any atom is -0.309 e. The number of hydrogen-bond acceptors (Lipinski definition) is 4. The minimum atomic E-state index is -3.78. The molecule has 7 aromatic carbocycles. The minimum absolute atomic E-state index is 0.157. The van der Waals surface area contributed by atoms with E-state index in [0.717, 1.165) is 49.6 Å². The van der Waals surface area contributed by atoms with E-state index < -0.39 is 9.84 Å². The Morgan fingerprint density at radius 3 is 1.68 bits per heavy atom. The van der Waals surface area contributed by atoms with Crippen LogP contribution in [0.4, 0.5) is 0 Å². The Bertz CT molecular complexity index is 3150. The highest BCUT2D eigenvalue weighted by molar-refractivity contribution is 7.91. The maximum atomic E-state index is 13.6. The molecule has 236 valence electrons. The molecule has 10 rings (SSSR count). The fraction of sp³-hybridized carbons (Fsp3) is 0. The smallest absolute Gasteiger partial charge is 0.206 e. The number of hydrogen-bond donors (Lipinski definition) is 0. The van der Waals surface area contributed by atoms with Gasteiger partial charge in [-0.25, -0.2) is 8.42 Å². The topological polar surface area (TPSA) is 67.8 Å². The molecule has 0 spiro atoms. The van der Waals surface area contributed by atoms with Gasteiger partial charge in [0.05, 0.1) is 43.5 Å². The van der Waals surface area contributed by atoms with Crippen LogP contribution in [0.15, 0.2) is 161 Å². The number of sulfone groups is 1. The summed E-state index contributed by atoms with van der Waals surface area (Å²) in [7, 11) is -3.78. The Kier molecular flexibility index (Phi) is 6.13. The molecule has 5 nitrogen and oxygen atoms in total. The van der Waals surface area contributed by atoms with Crippen molar-refractivity contribution in [2.45, 2.75) is 9.79 Å². The zero-order valence-electron chi connectivity index (χ0n) is 26.4. The van der Waals surface area contributed by atoms with Gasteiger partial charge in [0.1, 0.15) is 0 Å². The van der Waals surface area contributed by atoms with Crippen LogP contribution in [0.1, 0.15) is 5.56 Å². The van der Waals surface area contributed by atoms with Gasteiger partial charge in [0, 0.05) is 53.1 Å². The number of thiophene rings is 1. The lowest BCUT2D eigenvalue weighted by Gasteiger charge is -2.11. The van der Waals surface area contributed by atoms with Gasteiger partial charge >= 0.3 is 0 Å². The van der Waals surface area contributed by atoms with Crippen LogP contribution in [0.2, 0.25) is 0 Å². The fourth-order valence-corrected chi connectivity index (χ4v) is 9.84. The van der Waals surface area contributed by atoms with E-state index in [0.29, 0.717) is 5.56 Å². The molecule has 0 aliphatic heterocycles. The number of para-hydroxylation sites is 2.